The van der Waals surface area contributed by atoms with E-state index in [0.717, 1.165) is 18.7 Å². The van der Waals surface area contributed by atoms with Crippen molar-refractivity contribution in [3.8, 4) is 0 Å². The molecule has 1 amide bonds. The normalized spacial score (nSPS) is 22.8. The number of carbonyl (C=O) groups is 1. The van der Waals surface area contributed by atoms with Crippen LogP contribution in [0.1, 0.15) is 23.7 Å². The number of nitrogens with one attached hydrogen (secondary N) is 1. The lowest BCUT2D eigenvalue weighted by Crippen LogP contribution is -2.41. The molecule has 98 valence electrons. The van der Waals surface area contributed by atoms with E-state index in [1.165, 1.54) is 0 Å². The molecule has 2 atom stereocenters. The first-order valence-electron chi connectivity index (χ1n) is 6.15. The third-order valence-electron chi connectivity index (χ3n) is 3.47. The van der Waals surface area contributed by atoms with E-state index in [9.17, 15) is 4.79 Å². The Morgan fingerprint density at radius 2 is 2.39 bits per heavy atom. The first-order valence-corrected chi connectivity index (χ1v) is 6.15. The van der Waals surface area contributed by atoms with Crippen LogP contribution in [-0.4, -0.2) is 48.6 Å². The molecule has 1 saturated heterocycles. The van der Waals surface area contributed by atoms with Crippen LogP contribution in [-0.2, 0) is 4.74 Å². The van der Waals surface area contributed by atoms with Gasteiger partial charge in [0.25, 0.3) is 5.91 Å². The second-order valence-corrected chi connectivity index (χ2v) is 4.52. The summed E-state index contributed by atoms with van der Waals surface area (Å²) in [6.45, 7) is 2.73. The van der Waals surface area contributed by atoms with Gasteiger partial charge in [-0.1, -0.05) is 0 Å². The monoisotopic (exact) mass is 249 g/mol. The van der Waals surface area contributed by atoms with E-state index in [2.05, 4.69) is 10.3 Å². The Hall–Kier alpha value is -1.62. The molecule has 1 aliphatic rings. The summed E-state index contributed by atoms with van der Waals surface area (Å²) in [4.78, 5) is 18.2. The van der Waals surface area contributed by atoms with Gasteiger partial charge >= 0.3 is 0 Å². The zero-order chi connectivity index (χ0) is 13.1. The van der Waals surface area contributed by atoms with Crippen LogP contribution in [0.4, 0.5) is 5.69 Å². The van der Waals surface area contributed by atoms with Crippen molar-refractivity contribution in [2.75, 3.05) is 26.0 Å². The highest BCUT2D eigenvalue weighted by Crippen LogP contribution is 2.22. The molecule has 5 nitrogen and oxygen atoms in total. The lowest BCUT2D eigenvalue weighted by atomic mass is 10.1. The van der Waals surface area contributed by atoms with Crippen LogP contribution in [0.3, 0.4) is 0 Å². The average molecular weight is 249 g/mol. The molecule has 1 N–H and O–H groups in total. The highest BCUT2D eigenvalue weighted by atomic mass is 16.5. The third-order valence-corrected chi connectivity index (χ3v) is 3.47. The molecule has 0 saturated carbocycles. The van der Waals surface area contributed by atoms with Gasteiger partial charge in [-0.25, -0.2) is 0 Å². The fraction of sp³-hybridized carbons (Fsp3) is 0.538. The van der Waals surface area contributed by atoms with Crippen molar-refractivity contribution in [1.29, 1.82) is 0 Å². The minimum Gasteiger partial charge on any atom is -0.386 e. The number of anilines is 1. The van der Waals surface area contributed by atoms with Crippen molar-refractivity contribution >= 4 is 11.6 Å². The Balaban J connectivity index is 2.20. The van der Waals surface area contributed by atoms with Crippen molar-refractivity contribution in [1.82, 2.24) is 9.88 Å². The molecule has 0 spiro atoms. The van der Waals surface area contributed by atoms with E-state index in [4.69, 9.17) is 4.74 Å². The summed E-state index contributed by atoms with van der Waals surface area (Å²) in [5.41, 5.74) is 1.40. The Bertz CT molecular complexity index is 436. The number of nitrogens with zero attached hydrogens (tertiary/aromatic N) is 2. The van der Waals surface area contributed by atoms with E-state index in [1.54, 1.807) is 30.4 Å². The van der Waals surface area contributed by atoms with Crippen LogP contribution < -0.4 is 5.32 Å². The van der Waals surface area contributed by atoms with E-state index in [1.807, 2.05) is 14.0 Å². The molecule has 0 radical (unpaired) electrons. The first-order chi connectivity index (χ1) is 8.65. The lowest BCUT2D eigenvalue weighted by Gasteiger charge is -2.27. The van der Waals surface area contributed by atoms with Crippen LogP contribution in [0.15, 0.2) is 18.5 Å². The summed E-state index contributed by atoms with van der Waals surface area (Å²) >= 11 is 0. The van der Waals surface area contributed by atoms with Crippen LogP contribution in [0.25, 0.3) is 0 Å². The van der Waals surface area contributed by atoms with Crippen LogP contribution in [0.2, 0.25) is 0 Å². The van der Waals surface area contributed by atoms with E-state index in [0.29, 0.717) is 5.56 Å². The van der Waals surface area contributed by atoms with Gasteiger partial charge in [0.15, 0.2) is 0 Å². The standard InChI is InChI=1S/C13H19N3O2/c1-9-12(5-7-18-9)16(3)13(17)10-4-6-15-8-11(10)14-2/h4,6,8-9,12,14H,5,7H2,1-3H3. The van der Waals surface area contributed by atoms with Gasteiger partial charge in [-0.15, -0.1) is 0 Å². The van der Waals surface area contributed by atoms with Gasteiger partial charge in [-0.3, -0.25) is 9.78 Å². The van der Waals surface area contributed by atoms with Crippen molar-refractivity contribution in [2.24, 2.45) is 0 Å². The van der Waals surface area contributed by atoms with Gasteiger partial charge in [0.2, 0.25) is 0 Å². The van der Waals surface area contributed by atoms with Crippen LogP contribution in [0.5, 0.6) is 0 Å². The molecule has 1 fully saturated rings. The predicted octanol–water partition coefficient (Wildman–Crippen LogP) is 1.37. The summed E-state index contributed by atoms with van der Waals surface area (Å²) < 4.78 is 5.51. The van der Waals surface area contributed by atoms with Crippen molar-refractivity contribution < 1.29 is 9.53 Å². The zero-order valence-electron chi connectivity index (χ0n) is 11.0. The molecule has 2 heterocycles. The SMILES string of the molecule is CNc1cnccc1C(=O)N(C)C1CCOC1C. The lowest BCUT2D eigenvalue weighted by molar-refractivity contribution is 0.0575. The summed E-state index contributed by atoms with van der Waals surface area (Å²) in [6, 6.07) is 1.89. The van der Waals surface area contributed by atoms with Gasteiger partial charge in [0, 0.05) is 26.9 Å². The number of pyridine rings is 1. The second-order valence-electron chi connectivity index (χ2n) is 4.52. The summed E-state index contributed by atoms with van der Waals surface area (Å²) in [7, 11) is 3.62. The maximum Gasteiger partial charge on any atom is 0.256 e. The van der Waals surface area contributed by atoms with E-state index >= 15 is 0 Å². The number of likely N-dealkylation sites (N-methyl/N-ethyl adjacent to an activating group) is 1. The molecule has 2 rings (SSSR count). The molecular formula is C13H19N3O2. The number of hydrogen-bond donors (Lipinski definition) is 1. The Labute approximate surface area is 107 Å². The maximum atomic E-state index is 12.5. The van der Waals surface area contributed by atoms with Crippen LogP contribution in [0, 0.1) is 0 Å². The number of amides is 1. The summed E-state index contributed by atoms with van der Waals surface area (Å²) in [5, 5.41) is 2.99. The third kappa shape index (κ3) is 2.31. The predicted molar refractivity (Wildman–Crippen MR) is 69.7 cm³/mol. The average Bonchev–Trinajstić information content (AvgIpc) is 2.83. The molecule has 5 heteroatoms. The van der Waals surface area contributed by atoms with Gasteiger partial charge in [0.1, 0.15) is 0 Å². The van der Waals surface area contributed by atoms with Gasteiger partial charge in [0.05, 0.1) is 29.6 Å². The molecule has 0 aromatic carbocycles. The Morgan fingerprint density at radius 1 is 1.61 bits per heavy atom. The number of rotatable bonds is 3. The number of carbonyl (C=O) groups excluding carboxylic acids is 1. The minimum absolute atomic E-state index is 0.00380. The smallest absolute Gasteiger partial charge is 0.256 e. The van der Waals surface area contributed by atoms with Crippen molar-refractivity contribution in [3.63, 3.8) is 0 Å². The topological polar surface area (TPSA) is 54.5 Å². The Kier molecular flexibility index (Phi) is 3.81. The van der Waals surface area contributed by atoms with Gasteiger partial charge < -0.3 is 15.0 Å². The highest BCUT2D eigenvalue weighted by molar-refractivity contribution is 5.99. The fourth-order valence-electron chi connectivity index (χ4n) is 2.35. The highest BCUT2D eigenvalue weighted by Gasteiger charge is 2.31. The van der Waals surface area contributed by atoms with Crippen LogP contribution >= 0.6 is 0 Å². The molecular weight excluding hydrogens is 230 g/mol. The van der Waals surface area contributed by atoms with Crippen molar-refractivity contribution in [3.05, 3.63) is 24.0 Å². The molecule has 1 aromatic heterocycles. The van der Waals surface area contributed by atoms with E-state index in [-0.39, 0.29) is 18.1 Å². The minimum atomic E-state index is 0.00380. The second kappa shape index (κ2) is 5.35. The fourth-order valence-corrected chi connectivity index (χ4v) is 2.35. The van der Waals surface area contributed by atoms with Crippen molar-refractivity contribution in [2.45, 2.75) is 25.5 Å². The molecule has 2 unspecified atom stereocenters. The molecule has 0 bridgehead atoms. The van der Waals surface area contributed by atoms with Gasteiger partial charge in [-0.2, -0.15) is 0 Å². The maximum absolute atomic E-state index is 12.5. The number of hydrogen-bond acceptors (Lipinski definition) is 4. The van der Waals surface area contributed by atoms with Gasteiger partial charge in [-0.05, 0) is 19.4 Å². The Morgan fingerprint density at radius 3 is 3.00 bits per heavy atom. The molecule has 0 aliphatic carbocycles. The largest absolute Gasteiger partial charge is 0.386 e. The first kappa shape index (κ1) is 12.8. The molecule has 18 heavy (non-hydrogen) atoms. The number of aromatic nitrogens is 1. The molecule has 1 aromatic rings. The quantitative estimate of drug-likeness (QED) is 0.879. The van der Waals surface area contributed by atoms with E-state index < -0.39 is 0 Å². The summed E-state index contributed by atoms with van der Waals surface area (Å²) in [6.07, 6.45) is 4.29. The molecule has 1 aliphatic heterocycles. The number of ether oxygens (including phenoxy) is 1. The summed E-state index contributed by atoms with van der Waals surface area (Å²) in [5.74, 6) is 0.00380. The zero-order valence-corrected chi connectivity index (χ0v) is 11.0.